The Morgan fingerprint density at radius 3 is 1.01 bits per heavy atom. The molecule has 0 saturated carbocycles. The van der Waals surface area contributed by atoms with Gasteiger partial charge in [-0.15, -0.1) is 0 Å². The van der Waals surface area contributed by atoms with E-state index in [2.05, 4.69) is 313 Å². The highest BCUT2D eigenvalue weighted by Crippen LogP contribution is 2.60. The van der Waals surface area contributed by atoms with Gasteiger partial charge in [-0.1, -0.05) is 313 Å². The van der Waals surface area contributed by atoms with Crippen LogP contribution in [0, 0.1) is 0 Å². The Bertz CT molecular complexity index is 6480. The van der Waals surface area contributed by atoms with E-state index in [1.165, 1.54) is 120 Å². The molecule has 0 bridgehead atoms. The first-order valence-electron chi connectivity index (χ1n) is 35.3. The monoisotopic (exact) mass is 1300 g/mol. The van der Waals surface area contributed by atoms with Crippen molar-refractivity contribution in [3.05, 3.63) is 344 Å². The van der Waals surface area contributed by atoms with E-state index >= 15 is 0 Å². The molecular weight excluding hydrogens is 1240 g/mol. The van der Waals surface area contributed by atoms with Gasteiger partial charge in [0.1, 0.15) is 0 Å². The highest BCUT2D eigenvalue weighted by atomic mass is 15.0. The van der Waals surface area contributed by atoms with Crippen LogP contribution in [0.1, 0.15) is 49.9 Å². The number of rotatable bonds is 9. The fraction of sp³-hybridized carbons (Fsp3) is 0.0619. The van der Waals surface area contributed by atoms with Gasteiger partial charge in [-0.05, 0) is 179 Å². The Morgan fingerprint density at radius 1 is 0.176 bits per heavy atom. The lowest BCUT2D eigenvalue weighted by atomic mass is 9.77. The molecule has 0 saturated heterocycles. The number of nitrogens with zero attached hydrogens (tertiary/aromatic N) is 5. The summed E-state index contributed by atoms with van der Waals surface area (Å²) in [7, 11) is 0. The SMILES string of the molecule is CC1(C)c2c(cc(-c3cccc(-c4cc(-c5ccccc5)nc(-c5ccc(-c6ccc7c8c(c9ccccc9c7c6)-c6cc(-c7cccc(-c9nc(-c%10ccccc%10)nc(-c%10ccccc%10)n9)c7)c7ccccc7c6C8(C)C)cc5)n4)c3)c3ccccc23)-c2c1c1ccccc1c1ccccc21. The summed E-state index contributed by atoms with van der Waals surface area (Å²) in [5.74, 6) is 2.58. The van der Waals surface area contributed by atoms with E-state index in [0.29, 0.717) is 23.3 Å². The van der Waals surface area contributed by atoms with E-state index in [4.69, 9.17) is 24.9 Å². The van der Waals surface area contributed by atoms with Crippen molar-refractivity contribution in [2.45, 2.75) is 38.5 Å². The molecule has 2 heterocycles. The Balaban J connectivity index is 0.674. The smallest absolute Gasteiger partial charge is 0.164 e. The minimum Gasteiger partial charge on any atom is -0.228 e. The molecule has 0 fully saturated rings. The maximum Gasteiger partial charge on any atom is 0.164 e. The number of hydrogen-bond acceptors (Lipinski definition) is 5. The molecule has 102 heavy (non-hydrogen) atoms. The van der Waals surface area contributed by atoms with Crippen LogP contribution in [-0.2, 0) is 10.8 Å². The van der Waals surface area contributed by atoms with E-state index in [0.717, 1.165) is 67.0 Å². The average Bonchev–Trinajstić information content (AvgIpc) is 1.53. The molecule has 0 atom stereocenters. The summed E-state index contributed by atoms with van der Waals surface area (Å²) in [6, 6.07) is 117. The fourth-order valence-electron chi connectivity index (χ4n) is 17.5. The predicted octanol–water partition coefficient (Wildman–Crippen LogP) is 25.2. The zero-order valence-electron chi connectivity index (χ0n) is 56.8. The second kappa shape index (κ2) is 22.9. The largest absolute Gasteiger partial charge is 0.228 e. The van der Waals surface area contributed by atoms with Crippen LogP contribution in [0.15, 0.2) is 322 Å². The van der Waals surface area contributed by atoms with Crippen molar-refractivity contribution in [1.82, 2.24) is 24.9 Å². The third-order valence-electron chi connectivity index (χ3n) is 22.0. The van der Waals surface area contributed by atoms with Crippen molar-refractivity contribution in [1.29, 1.82) is 0 Å². The van der Waals surface area contributed by atoms with Gasteiger partial charge in [0.15, 0.2) is 23.3 Å². The molecule has 16 aromatic carbocycles. The number of hydrogen-bond donors (Lipinski definition) is 0. The van der Waals surface area contributed by atoms with Crippen LogP contribution in [0.25, 0.3) is 188 Å². The zero-order chi connectivity index (χ0) is 68.0. The van der Waals surface area contributed by atoms with Crippen molar-refractivity contribution in [3.8, 4) is 124 Å². The summed E-state index contributed by atoms with van der Waals surface area (Å²) in [6.07, 6.45) is 0. The van der Waals surface area contributed by atoms with Gasteiger partial charge in [0.05, 0.1) is 11.4 Å². The van der Waals surface area contributed by atoms with E-state index in [1.54, 1.807) is 0 Å². The Labute approximate surface area is 591 Å². The van der Waals surface area contributed by atoms with Crippen molar-refractivity contribution in [2.24, 2.45) is 0 Å². The third kappa shape index (κ3) is 9.21. The first-order chi connectivity index (χ1) is 50.1. The van der Waals surface area contributed by atoms with Crippen molar-refractivity contribution < 1.29 is 0 Å². The topological polar surface area (TPSA) is 64.5 Å². The number of benzene rings is 16. The summed E-state index contributed by atoms with van der Waals surface area (Å²) in [6.45, 7) is 9.70. The molecular formula is C97H65N5. The van der Waals surface area contributed by atoms with Crippen LogP contribution < -0.4 is 0 Å². The highest BCUT2D eigenvalue weighted by Gasteiger charge is 2.42. The van der Waals surface area contributed by atoms with Crippen LogP contribution in [0.2, 0.25) is 0 Å². The highest BCUT2D eigenvalue weighted by molar-refractivity contribution is 6.23. The van der Waals surface area contributed by atoms with Gasteiger partial charge in [0.2, 0.25) is 0 Å². The second-order valence-corrected chi connectivity index (χ2v) is 28.5. The van der Waals surface area contributed by atoms with Crippen LogP contribution in [0.5, 0.6) is 0 Å². The summed E-state index contributed by atoms with van der Waals surface area (Å²) >= 11 is 0. The predicted molar refractivity (Wildman–Crippen MR) is 425 cm³/mol. The maximum atomic E-state index is 5.47. The Hall–Kier alpha value is -12.8. The first kappa shape index (κ1) is 59.2. The minimum atomic E-state index is -0.344. The van der Waals surface area contributed by atoms with Crippen LogP contribution in [0.4, 0.5) is 0 Å². The van der Waals surface area contributed by atoms with Gasteiger partial charge >= 0.3 is 0 Å². The molecule has 2 aromatic heterocycles. The first-order valence-corrected chi connectivity index (χ1v) is 35.3. The van der Waals surface area contributed by atoms with E-state index in [-0.39, 0.29) is 10.8 Å². The van der Waals surface area contributed by atoms with Gasteiger partial charge in [-0.25, -0.2) is 24.9 Å². The normalized spacial score (nSPS) is 13.3. The van der Waals surface area contributed by atoms with Crippen molar-refractivity contribution in [3.63, 3.8) is 0 Å². The third-order valence-corrected chi connectivity index (χ3v) is 22.0. The van der Waals surface area contributed by atoms with E-state index in [1.807, 2.05) is 36.4 Å². The Kier molecular flexibility index (Phi) is 13.3. The standard InChI is InChI=1S/C97H65N5/c1-96(2)88-75-43-21-17-39-71(75)79(55-82(88)86-73-41-19-14-36-68(73)69-37-16-23-45-77(69)90(86)96)64-32-24-34-66(52-64)85-57-84(59-26-8-5-9-27-59)98-92(99-85)62-48-46-58(47-49-62)63-50-51-78-81(54-63)70-38-15-20-42-74(70)87-83-56-80(72-40-18-22-44-76(72)89(83)97(3,4)91(78)87)65-33-25-35-67(53-65)95-101-93(60-28-10-6-11-29-60)100-94(102-95)61-30-12-7-13-31-61/h5-57H,1-4H3. The van der Waals surface area contributed by atoms with E-state index in [9.17, 15) is 0 Å². The minimum absolute atomic E-state index is 0.239. The van der Waals surface area contributed by atoms with E-state index < -0.39 is 0 Å². The molecule has 0 N–H and O–H groups in total. The van der Waals surface area contributed by atoms with Gasteiger partial charge in [-0.3, -0.25) is 0 Å². The van der Waals surface area contributed by atoms with Crippen LogP contribution in [0.3, 0.4) is 0 Å². The molecule has 20 rings (SSSR count). The second-order valence-electron chi connectivity index (χ2n) is 28.5. The average molecular weight is 1300 g/mol. The molecule has 0 radical (unpaired) electrons. The molecule has 5 heteroatoms. The van der Waals surface area contributed by atoms with Crippen LogP contribution >= 0.6 is 0 Å². The van der Waals surface area contributed by atoms with Gasteiger partial charge in [-0.2, -0.15) is 0 Å². The summed E-state index contributed by atoms with van der Waals surface area (Å²) in [5.41, 5.74) is 24.6. The lowest BCUT2D eigenvalue weighted by Crippen LogP contribution is -2.16. The molecule has 0 amide bonds. The Morgan fingerprint density at radius 2 is 0.500 bits per heavy atom. The molecule has 0 spiro atoms. The lowest BCUT2D eigenvalue weighted by Gasteiger charge is -2.26. The summed E-state index contributed by atoms with van der Waals surface area (Å²) < 4.78 is 0. The summed E-state index contributed by atoms with van der Waals surface area (Å²) in [5, 5.41) is 15.2. The molecule has 478 valence electrons. The van der Waals surface area contributed by atoms with Gasteiger partial charge in [0.25, 0.3) is 0 Å². The summed E-state index contributed by atoms with van der Waals surface area (Å²) in [4.78, 5) is 26.1. The molecule has 2 aliphatic carbocycles. The molecule has 0 unspecified atom stereocenters. The molecule has 5 nitrogen and oxygen atoms in total. The number of aromatic nitrogens is 5. The zero-order valence-corrected chi connectivity index (χ0v) is 56.8. The molecule has 18 aromatic rings. The quantitative estimate of drug-likeness (QED) is 0.135. The van der Waals surface area contributed by atoms with Crippen LogP contribution in [-0.4, -0.2) is 24.9 Å². The molecule has 2 aliphatic rings. The fourth-order valence-corrected chi connectivity index (χ4v) is 17.5. The lowest BCUT2D eigenvalue weighted by molar-refractivity contribution is 0.672. The van der Waals surface area contributed by atoms with Crippen molar-refractivity contribution >= 4 is 64.6 Å². The maximum absolute atomic E-state index is 5.47. The molecule has 0 aliphatic heterocycles. The van der Waals surface area contributed by atoms with Crippen molar-refractivity contribution in [2.75, 3.05) is 0 Å². The van der Waals surface area contributed by atoms with Gasteiger partial charge in [0, 0.05) is 44.2 Å². The number of fused-ring (bicyclic) bond motifs is 20. The van der Waals surface area contributed by atoms with Gasteiger partial charge < -0.3 is 0 Å².